The highest BCUT2D eigenvalue weighted by atomic mass is 16.4. The predicted molar refractivity (Wildman–Crippen MR) is 84.2 cm³/mol. The van der Waals surface area contributed by atoms with Gasteiger partial charge in [0.05, 0.1) is 5.92 Å². The van der Waals surface area contributed by atoms with Crippen molar-refractivity contribution in [3.63, 3.8) is 0 Å². The number of benzene rings is 1. The Hall–Kier alpha value is -2.63. The number of amides is 1. The normalized spacial score (nSPS) is 11.9. The van der Waals surface area contributed by atoms with E-state index in [9.17, 15) is 14.7 Å². The third kappa shape index (κ3) is 4.42. The maximum atomic E-state index is 12.1. The van der Waals surface area contributed by atoms with Gasteiger partial charge in [-0.05, 0) is 18.9 Å². The van der Waals surface area contributed by atoms with Crippen molar-refractivity contribution in [2.24, 2.45) is 5.92 Å². The highest BCUT2D eigenvalue weighted by molar-refractivity contribution is 5.93. The van der Waals surface area contributed by atoms with Gasteiger partial charge in [-0.1, -0.05) is 36.8 Å². The summed E-state index contributed by atoms with van der Waals surface area (Å²) in [4.78, 5) is 27.4. The SMILES string of the molecule is CCc1ocnc1C(=O)NCC(Cc1cccc(C)c1)C(=O)O. The zero-order valence-electron chi connectivity index (χ0n) is 13.2. The van der Waals surface area contributed by atoms with Crippen LogP contribution in [-0.4, -0.2) is 28.5 Å². The molecule has 0 saturated carbocycles. The minimum Gasteiger partial charge on any atom is -0.481 e. The molecule has 2 N–H and O–H groups in total. The average molecular weight is 316 g/mol. The first-order valence-electron chi connectivity index (χ1n) is 7.50. The Morgan fingerprint density at radius 2 is 2.17 bits per heavy atom. The van der Waals surface area contributed by atoms with E-state index in [1.807, 2.05) is 38.1 Å². The van der Waals surface area contributed by atoms with Crippen LogP contribution >= 0.6 is 0 Å². The number of carboxylic acids is 1. The van der Waals surface area contributed by atoms with Gasteiger partial charge in [0.2, 0.25) is 0 Å². The number of carboxylic acid groups (broad SMARTS) is 1. The van der Waals surface area contributed by atoms with Crippen molar-refractivity contribution in [2.75, 3.05) is 6.54 Å². The molecule has 122 valence electrons. The number of aromatic nitrogens is 1. The molecule has 23 heavy (non-hydrogen) atoms. The lowest BCUT2D eigenvalue weighted by molar-refractivity contribution is -0.141. The number of aliphatic carboxylic acids is 1. The van der Waals surface area contributed by atoms with Crippen LogP contribution in [0.3, 0.4) is 0 Å². The van der Waals surface area contributed by atoms with E-state index in [1.165, 1.54) is 6.39 Å². The number of aryl methyl sites for hydroxylation is 2. The summed E-state index contributed by atoms with van der Waals surface area (Å²) in [6.45, 7) is 3.85. The summed E-state index contributed by atoms with van der Waals surface area (Å²) in [5.74, 6) is -1.56. The number of hydrogen-bond donors (Lipinski definition) is 2. The van der Waals surface area contributed by atoms with Crippen molar-refractivity contribution in [3.05, 3.63) is 53.2 Å². The number of nitrogens with one attached hydrogen (secondary N) is 1. The van der Waals surface area contributed by atoms with Gasteiger partial charge in [-0.3, -0.25) is 9.59 Å². The molecular formula is C17H20N2O4. The Morgan fingerprint density at radius 3 is 2.83 bits per heavy atom. The van der Waals surface area contributed by atoms with Gasteiger partial charge in [0.1, 0.15) is 5.76 Å². The smallest absolute Gasteiger partial charge is 0.308 e. The van der Waals surface area contributed by atoms with Crippen LogP contribution in [0.15, 0.2) is 35.1 Å². The molecule has 2 rings (SSSR count). The molecule has 1 unspecified atom stereocenters. The zero-order valence-corrected chi connectivity index (χ0v) is 13.2. The van der Waals surface area contributed by atoms with Gasteiger partial charge in [-0.2, -0.15) is 0 Å². The average Bonchev–Trinajstić information content (AvgIpc) is 2.99. The highest BCUT2D eigenvalue weighted by Crippen LogP contribution is 2.12. The van der Waals surface area contributed by atoms with Gasteiger partial charge in [0.25, 0.3) is 5.91 Å². The summed E-state index contributed by atoms with van der Waals surface area (Å²) in [5, 5.41) is 12.0. The fourth-order valence-corrected chi connectivity index (χ4v) is 2.38. The topological polar surface area (TPSA) is 92.4 Å². The number of nitrogens with zero attached hydrogens (tertiary/aromatic N) is 1. The molecule has 0 fully saturated rings. The van der Waals surface area contributed by atoms with Crippen molar-refractivity contribution >= 4 is 11.9 Å². The quantitative estimate of drug-likeness (QED) is 0.817. The number of carbonyl (C=O) groups excluding carboxylic acids is 1. The summed E-state index contributed by atoms with van der Waals surface area (Å²) in [6.07, 6.45) is 2.13. The van der Waals surface area contributed by atoms with Crippen LogP contribution < -0.4 is 5.32 Å². The minimum atomic E-state index is -0.942. The largest absolute Gasteiger partial charge is 0.481 e. The van der Waals surface area contributed by atoms with E-state index in [0.717, 1.165) is 11.1 Å². The molecule has 1 atom stereocenters. The first-order chi connectivity index (χ1) is 11.0. The van der Waals surface area contributed by atoms with Crippen molar-refractivity contribution in [2.45, 2.75) is 26.7 Å². The van der Waals surface area contributed by atoms with E-state index in [-0.39, 0.29) is 12.2 Å². The molecule has 0 aliphatic carbocycles. The molecule has 0 aliphatic rings. The summed E-state index contributed by atoms with van der Waals surface area (Å²) in [6, 6.07) is 7.69. The summed E-state index contributed by atoms with van der Waals surface area (Å²) < 4.78 is 5.11. The molecule has 1 amide bonds. The van der Waals surface area contributed by atoms with Crippen LogP contribution in [-0.2, 0) is 17.6 Å². The molecule has 0 saturated heterocycles. The van der Waals surface area contributed by atoms with E-state index in [0.29, 0.717) is 18.6 Å². The third-order valence-corrected chi connectivity index (χ3v) is 3.60. The zero-order chi connectivity index (χ0) is 16.8. The Morgan fingerprint density at radius 1 is 1.39 bits per heavy atom. The summed E-state index contributed by atoms with van der Waals surface area (Å²) in [5.41, 5.74) is 2.22. The molecule has 1 aromatic carbocycles. The number of hydrogen-bond acceptors (Lipinski definition) is 4. The van der Waals surface area contributed by atoms with Crippen LogP contribution in [0.2, 0.25) is 0 Å². The molecule has 0 bridgehead atoms. The third-order valence-electron chi connectivity index (χ3n) is 3.60. The second kappa shape index (κ2) is 7.58. The number of carbonyl (C=O) groups is 2. The summed E-state index contributed by atoms with van der Waals surface area (Å²) >= 11 is 0. The first kappa shape index (κ1) is 16.7. The van der Waals surface area contributed by atoms with E-state index in [2.05, 4.69) is 10.3 Å². The maximum absolute atomic E-state index is 12.1. The molecule has 2 aromatic rings. The Labute approximate surface area is 134 Å². The van der Waals surface area contributed by atoms with E-state index in [1.54, 1.807) is 0 Å². The monoisotopic (exact) mass is 316 g/mol. The van der Waals surface area contributed by atoms with Gasteiger partial charge in [-0.25, -0.2) is 4.98 Å². The van der Waals surface area contributed by atoms with E-state index < -0.39 is 17.8 Å². The summed E-state index contributed by atoms with van der Waals surface area (Å²) in [7, 11) is 0. The lowest BCUT2D eigenvalue weighted by atomic mass is 9.98. The standard InChI is InChI=1S/C17H20N2O4/c1-3-14-15(19-10-23-14)16(20)18-9-13(17(21)22)8-12-6-4-5-11(2)7-12/h4-7,10,13H,3,8-9H2,1-2H3,(H,18,20)(H,21,22). The molecule has 0 spiro atoms. The molecule has 0 aliphatic heterocycles. The molecular weight excluding hydrogens is 296 g/mol. The van der Waals surface area contributed by atoms with Crippen molar-refractivity contribution in [1.29, 1.82) is 0 Å². The van der Waals surface area contributed by atoms with Crippen molar-refractivity contribution < 1.29 is 19.1 Å². The van der Waals surface area contributed by atoms with E-state index >= 15 is 0 Å². The van der Waals surface area contributed by atoms with Gasteiger partial charge < -0.3 is 14.8 Å². The molecule has 6 heteroatoms. The Kier molecular flexibility index (Phi) is 5.51. The van der Waals surface area contributed by atoms with Crippen LogP contribution in [0.1, 0.15) is 34.3 Å². The number of rotatable bonds is 7. The molecule has 6 nitrogen and oxygen atoms in total. The predicted octanol–water partition coefficient (Wildman–Crippen LogP) is 2.22. The van der Waals surface area contributed by atoms with Crippen LogP contribution in [0.25, 0.3) is 0 Å². The van der Waals surface area contributed by atoms with E-state index in [4.69, 9.17) is 4.42 Å². The van der Waals surface area contributed by atoms with Gasteiger partial charge in [-0.15, -0.1) is 0 Å². The van der Waals surface area contributed by atoms with Gasteiger partial charge in [0.15, 0.2) is 12.1 Å². The van der Waals surface area contributed by atoms with Crippen LogP contribution in [0.4, 0.5) is 0 Å². The second-order valence-electron chi connectivity index (χ2n) is 5.42. The first-order valence-corrected chi connectivity index (χ1v) is 7.50. The fraction of sp³-hybridized carbons (Fsp3) is 0.353. The van der Waals surface area contributed by atoms with Gasteiger partial charge >= 0.3 is 5.97 Å². The lowest BCUT2D eigenvalue weighted by Crippen LogP contribution is -2.34. The van der Waals surface area contributed by atoms with Crippen LogP contribution in [0, 0.1) is 12.8 Å². The highest BCUT2D eigenvalue weighted by Gasteiger charge is 2.21. The maximum Gasteiger partial charge on any atom is 0.308 e. The fourth-order valence-electron chi connectivity index (χ4n) is 2.38. The number of oxazole rings is 1. The second-order valence-corrected chi connectivity index (χ2v) is 5.42. The molecule has 0 radical (unpaired) electrons. The van der Waals surface area contributed by atoms with Crippen molar-refractivity contribution in [3.8, 4) is 0 Å². The van der Waals surface area contributed by atoms with Crippen LogP contribution in [0.5, 0.6) is 0 Å². The molecule has 1 aromatic heterocycles. The van der Waals surface area contributed by atoms with Gasteiger partial charge in [0, 0.05) is 13.0 Å². The Bertz CT molecular complexity index is 693. The lowest BCUT2D eigenvalue weighted by Gasteiger charge is -2.13. The Balaban J connectivity index is 2.00. The minimum absolute atomic E-state index is 0.0398. The molecule has 1 heterocycles. The van der Waals surface area contributed by atoms with Crippen molar-refractivity contribution in [1.82, 2.24) is 10.3 Å².